The van der Waals surface area contributed by atoms with Crippen molar-refractivity contribution in [1.29, 1.82) is 0 Å². The zero-order valence-electron chi connectivity index (χ0n) is 13.2. The Balaban J connectivity index is 2.24. The number of rotatable bonds is 4. The Hall–Kier alpha value is -0.900. The molecule has 1 aromatic carbocycles. The number of nitrogens with two attached hydrogens (primary N) is 1. The number of hydrogen-bond acceptors (Lipinski definition) is 3. The van der Waals surface area contributed by atoms with E-state index in [1.54, 1.807) is 0 Å². The van der Waals surface area contributed by atoms with Gasteiger partial charge in [-0.3, -0.25) is 4.90 Å². The smallest absolute Gasteiger partial charge is 0.0724 e. The molecule has 20 heavy (non-hydrogen) atoms. The molecule has 0 aromatic heterocycles. The monoisotopic (exact) mass is 276 g/mol. The first-order valence-corrected chi connectivity index (χ1v) is 7.62. The van der Waals surface area contributed by atoms with Gasteiger partial charge in [0.1, 0.15) is 0 Å². The molecule has 2 rings (SSSR count). The summed E-state index contributed by atoms with van der Waals surface area (Å²) >= 11 is 0. The molecule has 3 heteroatoms. The third kappa shape index (κ3) is 3.22. The fourth-order valence-electron chi connectivity index (χ4n) is 3.35. The van der Waals surface area contributed by atoms with Crippen molar-refractivity contribution in [3.63, 3.8) is 0 Å². The molecule has 1 aliphatic rings. The molecule has 1 aromatic rings. The third-order valence-corrected chi connectivity index (χ3v) is 4.62. The Morgan fingerprint density at radius 2 is 2.05 bits per heavy atom. The minimum absolute atomic E-state index is 0.113. The van der Waals surface area contributed by atoms with Crippen LogP contribution in [0.2, 0.25) is 0 Å². The van der Waals surface area contributed by atoms with Crippen LogP contribution in [0.4, 0.5) is 0 Å². The molecule has 112 valence electrons. The van der Waals surface area contributed by atoms with Gasteiger partial charge in [-0.15, -0.1) is 0 Å². The fourth-order valence-corrected chi connectivity index (χ4v) is 3.35. The van der Waals surface area contributed by atoms with Gasteiger partial charge in [-0.05, 0) is 43.9 Å². The first kappa shape index (κ1) is 15.5. The van der Waals surface area contributed by atoms with E-state index in [4.69, 9.17) is 10.5 Å². The predicted octanol–water partition coefficient (Wildman–Crippen LogP) is 2.74. The summed E-state index contributed by atoms with van der Waals surface area (Å²) in [5.41, 5.74) is 8.98. The number of ether oxygens (including phenoxy) is 1. The van der Waals surface area contributed by atoms with Crippen molar-refractivity contribution < 1.29 is 4.74 Å². The largest absolute Gasteiger partial charge is 0.380 e. The molecule has 0 saturated carbocycles. The van der Waals surface area contributed by atoms with Crippen LogP contribution in [0.3, 0.4) is 0 Å². The molecule has 0 amide bonds. The van der Waals surface area contributed by atoms with Crippen LogP contribution in [-0.4, -0.2) is 37.2 Å². The van der Waals surface area contributed by atoms with Crippen molar-refractivity contribution >= 4 is 0 Å². The normalized spacial score (nSPS) is 27.2. The van der Waals surface area contributed by atoms with E-state index < -0.39 is 0 Å². The molecule has 0 aliphatic carbocycles. The summed E-state index contributed by atoms with van der Waals surface area (Å²) in [5.74, 6) is 0.627. The fraction of sp³-hybridized carbons (Fsp3) is 0.647. The third-order valence-electron chi connectivity index (χ3n) is 4.62. The molecule has 4 atom stereocenters. The van der Waals surface area contributed by atoms with Gasteiger partial charge in [-0.1, -0.05) is 31.2 Å². The summed E-state index contributed by atoms with van der Waals surface area (Å²) in [6.07, 6.45) is 1.49. The number of methoxy groups -OCH3 is 1. The van der Waals surface area contributed by atoms with E-state index in [1.807, 2.05) is 7.11 Å². The topological polar surface area (TPSA) is 38.5 Å². The van der Waals surface area contributed by atoms with Gasteiger partial charge in [0.2, 0.25) is 0 Å². The van der Waals surface area contributed by atoms with Crippen molar-refractivity contribution in [2.24, 2.45) is 11.7 Å². The lowest BCUT2D eigenvalue weighted by atomic mass is 9.90. The van der Waals surface area contributed by atoms with Crippen LogP contribution in [-0.2, 0) is 4.74 Å². The van der Waals surface area contributed by atoms with Gasteiger partial charge in [-0.25, -0.2) is 0 Å². The standard InChI is InChI=1S/C17H28N2O/c1-12-7-5-6-8-15(12)17(14(3)18)19-10-9-13(2)16(11-19)20-4/h5-8,13-14,16-17H,9-11,18H2,1-4H3. The van der Waals surface area contributed by atoms with Crippen molar-refractivity contribution in [1.82, 2.24) is 4.90 Å². The van der Waals surface area contributed by atoms with Crippen molar-refractivity contribution in [2.75, 3.05) is 20.2 Å². The molecule has 3 nitrogen and oxygen atoms in total. The average molecular weight is 276 g/mol. The van der Waals surface area contributed by atoms with Gasteiger partial charge >= 0.3 is 0 Å². The van der Waals surface area contributed by atoms with Gasteiger partial charge < -0.3 is 10.5 Å². The van der Waals surface area contributed by atoms with E-state index >= 15 is 0 Å². The summed E-state index contributed by atoms with van der Waals surface area (Å²) < 4.78 is 5.65. The van der Waals surface area contributed by atoms with Crippen molar-refractivity contribution in [2.45, 2.75) is 45.4 Å². The predicted molar refractivity (Wildman–Crippen MR) is 83.7 cm³/mol. The molecule has 0 radical (unpaired) electrons. The minimum Gasteiger partial charge on any atom is -0.380 e. The van der Waals surface area contributed by atoms with Crippen LogP contribution < -0.4 is 5.73 Å². The molecule has 1 aliphatic heterocycles. The first-order chi connectivity index (χ1) is 9.54. The summed E-state index contributed by atoms with van der Waals surface area (Å²) in [7, 11) is 1.82. The lowest BCUT2D eigenvalue weighted by molar-refractivity contribution is -0.0225. The van der Waals surface area contributed by atoms with Gasteiger partial charge in [0.15, 0.2) is 0 Å². The molecule has 0 spiro atoms. The zero-order valence-corrected chi connectivity index (χ0v) is 13.2. The van der Waals surface area contributed by atoms with Crippen LogP contribution in [0.5, 0.6) is 0 Å². The molecule has 1 saturated heterocycles. The lowest BCUT2D eigenvalue weighted by Crippen LogP contribution is -2.49. The highest BCUT2D eigenvalue weighted by molar-refractivity contribution is 5.30. The Morgan fingerprint density at radius 3 is 2.65 bits per heavy atom. The number of hydrogen-bond donors (Lipinski definition) is 1. The van der Waals surface area contributed by atoms with Gasteiger partial charge in [0, 0.05) is 25.7 Å². The summed E-state index contributed by atoms with van der Waals surface area (Å²) in [6, 6.07) is 8.98. The van der Waals surface area contributed by atoms with E-state index in [0.29, 0.717) is 12.0 Å². The molecular weight excluding hydrogens is 248 g/mol. The maximum absolute atomic E-state index is 6.31. The van der Waals surface area contributed by atoms with E-state index in [0.717, 1.165) is 13.1 Å². The second-order valence-electron chi connectivity index (χ2n) is 6.20. The lowest BCUT2D eigenvalue weighted by Gasteiger charge is -2.42. The Labute approximate surface area is 123 Å². The quantitative estimate of drug-likeness (QED) is 0.919. The Bertz CT molecular complexity index is 433. The highest BCUT2D eigenvalue weighted by Gasteiger charge is 2.32. The van der Waals surface area contributed by atoms with Crippen LogP contribution in [0, 0.1) is 12.8 Å². The van der Waals surface area contributed by atoms with Crippen molar-refractivity contribution in [3.8, 4) is 0 Å². The Kier molecular flexibility index (Phi) is 5.19. The highest BCUT2D eigenvalue weighted by atomic mass is 16.5. The molecule has 1 fully saturated rings. The van der Waals surface area contributed by atoms with E-state index in [1.165, 1.54) is 17.5 Å². The van der Waals surface area contributed by atoms with Crippen LogP contribution >= 0.6 is 0 Å². The molecular formula is C17H28N2O. The number of piperidine rings is 1. The maximum Gasteiger partial charge on any atom is 0.0724 e. The van der Waals surface area contributed by atoms with Gasteiger partial charge in [0.25, 0.3) is 0 Å². The summed E-state index contributed by atoms with van der Waals surface area (Å²) in [6.45, 7) is 8.63. The highest BCUT2D eigenvalue weighted by Crippen LogP contribution is 2.31. The number of aryl methyl sites for hydroxylation is 1. The molecule has 1 heterocycles. The zero-order chi connectivity index (χ0) is 14.7. The van der Waals surface area contributed by atoms with Crippen molar-refractivity contribution in [3.05, 3.63) is 35.4 Å². The van der Waals surface area contributed by atoms with E-state index in [2.05, 4.69) is 49.9 Å². The van der Waals surface area contributed by atoms with Crippen LogP contribution in [0.15, 0.2) is 24.3 Å². The second-order valence-corrected chi connectivity index (χ2v) is 6.20. The molecule has 2 N–H and O–H groups in total. The first-order valence-electron chi connectivity index (χ1n) is 7.62. The number of likely N-dealkylation sites (tertiary alicyclic amines) is 1. The van der Waals surface area contributed by atoms with Crippen LogP contribution in [0.1, 0.15) is 37.4 Å². The molecule has 0 bridgehead atoms. The summed E-state index contributed by atoms with van der Waals surface area (Å²) in [5, 5.41) is 0. The number of benzene rings is 1. The molecule has 4 unspecified atom stereocenters. The van der Waals surface area contributed by atoms with Gasteiger partial charge in [-0.2, -0.15) is 0 Å². The van der Waals surface area contributed by atoms with E-state index in [-0.39, 0.29) is 12.1 Å². The SMILES string of the molecule is COC1CN(C(c2ccccc2C)C(C)N)CCC1C. The van der Waals surface area contributed by atoms with Crippen LogP contribution in [0.25, 0.3) is 0 Å². The maximum atomic E-state index is 6.31. The average Bonchev–Trinajstić information content (AvgIpc) is 2.42. The minimum atomic E-state index is 0.113. The summed E-state index contributed by atoms with van der Waals surface area (Å²) in [4.78, 5) is 2.50. The second kappa shape index (κ2) is 6.70. The number of nitrogens with zero attached hydrogens (tertiary/aromatic N) is 1. The van der Waals surface area contributed by atoms with Gasteiger partial charge in [0.05, 0.1) is 6.10 Å². The Morgan fingerprint density at radius 1 is 1.35 bits per heavy atom. The van der Waals surface area contributed by atoms with E-state index in [9.17, 15) is 0 Å².